The van der Waals surface area contributed by atoms with Gasteiger partial charge in [0.1, 0.15) is 5.69 Å². The van der Waals surface area contributed by atoms with Crippen molar-refractivity contribution in [2.75, 3.05) is 18.4 Å². The summed E-state index contributed by atoms with van der Waals surface area (Å²) in [6.45, 7) is 6.45. The molecule has 1 aromatic rings. The lowest BCUT2D eigenvalue weighted by Crippen LogP contribution is -2.26. The molecule has 0 unspecified atom stereocenters. The normalized spacial score (nSPS) is 11.6. The summed E-state index contributed by atoms with van der Waals surface area (Å²) < 4.78 is 26.9. The Morgan fingerprint density at radius 2 is 2.00 bits per heavy atom. The highest BCUT2D eigenvalue weighted by Gasteiger charge is 2.28. The van der Waals surface area contributed by atoms with E-state index in [1.54, 1.807) is 6.92 Å². The van der Waals surface area contributed by atoms with E-state index >= 15 is 0 Å². The van der Waals surface area contributed by atoms with Gasteiger partial charge in [-0.3, -0.25) is 10.1 Å². The molecule has 0 atom stereocenters. The van der Waals surface area contributed by atoms with Crippen molar-refractivity contribution in [1.82, 2.24) is 4.72 Å². The van der Waals surface area contributed by atoms with Crippen LogP contribution in [-0.4, -0.2) is 26.4 Å². The van der Waals surface area contributed by atoms with Crippen molar-refractivity contribution in [2.45, 2.75) is 32.1 Å². The van der Waals surface area contributed by atoms with Gasteiger partial charge in [0, 0.05) is 13.1 Å². The monoisotopic (exact) mass is 315 g/mol. The highest BCUT2D eigenvalue weighted by atomic mass is 32.2. The number of sulfonamides is 1. The second-order valence-corrected chi connectivity index (χ2v) is 6.76. The summed E-state index contributed by atoms with van der Waals surface area (Å²) >= 11 is 0. The molecule has 118 valence electrons. The molecule has 0 aliphatic rings. The third-order valence-electron chi connectivity index (χ3n) is 2.85. The first-order valence-corrected chi connectivity index (χ1v) is 8.28. The van der Waals surface area contributed by atoms with Crippen LogP contribution in [0.3, 0.4) is 0 Å². The molecule has 1 rings (SSSR count). The van der Waals surface area contributed by atoms with Crippen molar-refractivity contribution in [1.29, 1.82) is 0 Å². The van der Waals surface area contributed by atoms with Gasteiger partial charge in [0.25, 0.3) is 0 Å². The van der Waals surface area contributed by atoms with E-state index in [0.717, 1.165) is 0 Å². The average Bonchev–Trinajstić information content (AvgIpc) is 2.37. The van der Waals surface area contributed by atoms with Gasteiger partial charge in [-0.25, -0.2) is 13.1 Å². The second kappa shape index (κ2) is 7.37. The number of nitro groups is 1. The molecular formula is C13H21N3O4S. The lowest BCUT2D eigenvalue weighted by Gasteiger charge is -2.11. The molecule has 8 heteroatoms. The molecule has 0 heterocycles. The average molecular weight is 315 g/mol. The fourth-order valence-electron chi connectivity index (χ4n) is 1.82. The number of anilines is 1. The van der Waals surface area contributed by atoms with Crippen LogP contribution in [0.5, 0.6) is 0 Å². The smallest absolute Gasteiger partial charge is 0.312 e. The summed E-state index contributed by atoms with van der Waals surface area (Å²) in [6, 6.07) is 4.23. The van der Waals surface area contributed by atoms with Gasteiger partial charge in [-0.05, 0) is 31.4 Å². The topological polar surface area (TPSA) is 101 Å². The third-order valence-corrected chi connectivity index (χ3v) is 4.34. The minimum atomic E-state index is -3.90. The van der Waals surface area contributed by atoms with Gasteiger partial charge in [-0.15, -0.1) is 0 Å². The van der Waals surface area contributed by atoms with Gasteiger partial charge in [-0.2, -0.15) is 0 Å². The number of nitrogens with zero attached hydrogens (tertiary/aromatic N) is 1. The summed E-state index contributed by atoms with van der Waals surface area (Å²) in [5.41, 5.74) is -0.217. The first kappa shape index (κ1) is 17.4. The summed E-state index contributed by atoms with van der Waals surface area (Å²) in [7, 11) is -3.90. The zero-order valence-corrected chi connectivity index (χ0v) is 13.2. The molecule has 0 aromatic heterocycles. The van der Waals surface area contributed by atoms with Crippen molar-refractivity contribution in [3.05, 3.63) is 28.3 Å². The fourth-order valence-corrected chi connectivity index (χ4v) is 3.06. The Morgan fingerprint density at radius 3 is 2.52 bits per heavy atom. The second-order valence-electron chi connectivity index (χ2n) is 5.02. The largest absolute Gasteiger partial charge is 0.380 e. The fraction of sp³-hybridized carbons (Fsp3) is 0.538. The number of hydrogen-bond donors (Lipinski definition) is 2. The van der Waals surface area contributed by atoms with Crippen molar-refractivity contribution >= 4 is 21.4 Å². The lowest BCUT2D eigenvalue weighted by molar-refractivity contribution is -0.386. The molecule has 7 nitrogen and oxygen atoms in total. The van der Waals surface area contributed by atoms with E-state index in [1.165, 1.54) is 18.2 Å². The molecule has 0 radical (unpaired) electrons. The summed E-state index contributed by atoms with van der Waals surface area (Å²) in [4.78, 5) is 10.2. The van der Waals surface area contributed by atoms with Crippen molar-refractivity contribution in [3.8, 4) is 0 Å². The van der Waals surface area contributed by atoms with Gasteiger partial charge in [0.05, 0.1) is 4.92 Å². The maximum absolute atomic E-state index is 12.3. The summed E-state index contributed by atoms with van der Waals surface area (Å²) in [5, 5.41) is 14.0. The van der Waals surface area contributed by atoms with Crippen LogP contribution in [0.15, 0.2) is 23.1 Å². The Hall–Kier alpha value is -1.67. The van der Waals surface area contributed by atoms with Gasteiger partial charge in [0.2, 0.25) is 10.0 Å². The molecular weight excluding hydrogens is 294 g/mol. The van der Waals surface area contributed by atoms with Crippen LogP contribution in [0.4, 0.5) is 11.4 Å². The van der Waals surface area contributed by atoms with E-state index in [9.17, 15) is 18.5 Å². The SMILES string of the molecule is CCNc1cccc(S(=O)(=O)NCCC(C)C)c1[N+](=O)[O-]. The Morgan fingerprint density at radius 1 is 1.33 bits per heavy atom. The van der Waals surface area contributed by atoms with Gasteiger partial charge < -0.3 is 5.32 Å². The molecule has 0 fully saturated rings. The number of nitro benzene ring substituents is 1. The van der Waals surface area contributed by atoms with Crippen molar-refractivity contribution < 1.29 is 13.3 Å². The standard InChI is InChI=1S/C13H21N3O4S/c1-4-14-11-6-5-7-12(13(11)16(17)18)21(19,20)15-9-8-10(2)3/h5-7,10,14-15H,4,8-9H2,1-3H3. The molecule has 0 amide bonds. The van der Waals surface area contributed by atoms with Crippen LogP contribution in [-0.2, 0) is 10.0 Å². The minimum absolute atomic E-state index is 0.203. The maximum Gasteiger partial charge on any atom is 0.312 e. The zero-order chi connectivity index (χ0) is 16.0. The Kier molecular flexibility index (Phi) is 6.10. The first-order valence-electron chi connectivity index (χ1n) is 6.80. The van der Waals surface area contributed by atoms with Gasteiger partial charge >= 0.3 is 5.69 Å². The molecule has 1 aromatic carbocycles. The first-order chi connectivity index (χ1) is 9.79. The predicted molar refractivity (Wildman–Crippen MR) is 81.9 cm³/mol. The van der Waals surface area contributed by atoms with Crippen LogP contribution in [0.2, 0.25) is 0 Å². The molecule has 0 saturated heterocycles. The van der Waals surface area contributed by atoms with E-state index in [1.807, 2.05) is 13.8 Å². The van der Waals surface area contributed by atoms with Crippen molar-refractivity contribution in [3.63, 3.8) is 0 Å². The van der Waals surface area contributed by atoms with E-state index in [0.29, 0.717) is 18.9 Å². The van der Waals surface area contributed by atoms with Crippen LogP contribution < -0.4 is 10.0 Å². The van der Waals surface area contributed by atoms with Crippen LogP contribution in [0.25, 0.3) is 0 Å². The third kappa shape index (κ3) is 4.68. The molecule has 21 heavy (non-hydrogen) atoms. The number of rotatable bonds is 8. The molecule has 0 spiro atoms. The Bertz CT molecular complexity index is 599. The van der Waals surface area contributed by atoms with Crippen LogP contribution >= 0.6 is 0 Å². The van der Waals surface area contributed by atoms with Crippen molar-refractivity contribution in [2.24, 2.45) is 5.92 Å². The molecule has 0 aliphatic heterocycles. The highest BCUT2D eigenvalue weighted by molar-refractivity contribution is 7.89. The van der Waals surface area contributed by atoms with Gasteiger partial charge in [-0.1, -0.05) is 19.9 Å². The number of hydrogen-bond acceptors (Lipinski definition) is 5. The number of benzene rings is 1. The quantitative estimate of drug-likeness (QED) is 0.566. The molecule has 2 N–H and O–H groups in total. The molecule has 0 saturated carbocycles. The Labute approximate surface area is 124 Å². The zero-order valence-electron chi connectivity index (χ0n) is 12.4. The maximum atomic E-state index is 12.3. The number of para-hydroxylation sites is 1. The number of nitrogens with one attached hydrogen (secondary N) is 2. The predicted octanol–water partition coefficient (Wildman–Crippen LogP) is 2.35. The molecule has 0 bridgehead atoms. The lowest BCUT2D eigenvalue weighted by atomic mass is 10.1. The van der Waals surface area contributed by atoms with E-state index in [2.05, 4.69) is 10.0 Å². The highest BCUT2D eigenvalue weighted by Crippen LogP contribution is 2.31. The van der Waals surface area contributed by atoms with Crippen LogP contribution in [0, 0.1) is 16.0 Å². The summed E-state index contributed by atoms with van der Waals surface area (Å²) in [5.74, 6) is 0.343. The Balaban J connectivity index is 3.16. The van der Waals surface area contributed by atoms with E-state index in [4.69, 9.17) is 0 Å². The summed E-state index contributed by atoms with van der Waals surface area (Å²) in [6.07, 6.45) is 0.667. The minimum Gasteiger partial charge on any atom is -0.380 e. The van der Waals surface area contributed by atoms with E-state index in [-0.39, 0.29) is 17.1 Å². The van der Waals surface area contributed by atoms with E-state index < -0.39 is 20.6 Å². The van der Waals surface area contributed by atoms with Crippen LogP contribution in [0.1, 0.15) is 27.2 Å². The molecule has 0 aliphatic carbocycles. The van der Waals surface area contributed by atoms with Gasteiger partial charge in [0.15, 0.2) is 4.90 Å².